The van der Waals surface area contributed by atoms with Crippen LogP contribution in [0.2, 0.25) is 0 Å². The van der Waals surface area contributed by atoms with Crippen LogP contribution in [0, 0.1) is 18.3 Å². The molecule has 1 heterocycles. The van der Waals surface area contributed by atoms with Gasteiger partial charge < -0.3 is 10.1 Å². The first-order valence-electron chi connectivity index (χ1n) is 7.85. The van der Waals surface area contributed by atoms with Crippen LogP contribution in [0.5, 0.6) is 5.75 Å². The van der Waals surface area contributed by atoms with Gasteiger partial charge in [0.2, 0.25) is 0 Å². The second-order valence-corrected chi connectivity index (χ2v) is 7.25. The molecule has 0 radical (unpaired) electrons. The third-order valence-corrected chi connectivity index (χ3v) is 5.56. The molecule has 1 aliphatic carbocycles. The Morgan fingerprint density at radius 2 is 2.20 bits per heavy atom. The van der Waals surface area contributed by atoms with Crippen LogP contribution in [-0.2, 0) is 12.8 Å². The third-order valence-electron chi connectivity index (χ3n) is 4.15. The van der Waals surface area contributed by atoms with E-state index < -0.39 is 0 Å². The van der Waals surface area contributed by atoms with E-state index in [1.54, 1.807) is 12.1 Å². The number of para-hydroxylation sites is 1. The molecular weight excluding hydrogens is 354 g/mol. The van der Waals surface area contributed by atoms with Gasteiger partial charge in [-0.15, -0.1) is 11.3 Å². The number of nitriles is 1. The number of benzene rings is 1. The number of aryl methyl sites for hydroxylation is 2. The largest absolute Gasteiger partial charge is 0.496 e. The highest BCUT2D eigenvalue weighted by Crippen LogP contribution is 2.38. The summed E-state index contributed by atoms with van der Waals surface area (Å²) in [6.45, 7) is 1.87. The van der Waals surface area contributed by atoms with Gasteiger partial charge in [0.25, 0.3) is 5.91 Å². The van der Waals surface area contributed by atoms with Crippen molar-refractivity contribution in [3.8, 4) is 11.8 Å². The van der Waals surface area contributed by atoms with Gasteiger partial charge in [0, 0.05) is 4.88 Å². The van der Waals surface area contributed by atoms with Crippen LogP contribution in [0.3, 0.4) is 0 Å². The predicted octanol–water partition coefficient (Wildman–Crippen LogP) is 3.55. The minimum atomic E-state index is -0.347. The highest BCUT2D eigenvalue weighted by atomic mass is 32.1. The molecule has 0 aliphatic heterocycles. The van der Waals surface area contributed by atoms with E-state index in [1.165, 1.54) is 23.3 Å². The van der Waals surface area contributed by atoms with Crippen molar-refractivity contribution in [2.75, 3.05) is 12.4 Å². The van der Waals surface area contributed by atoms with E-state index in [2.05, 4.69) is 16.7 Å². The Labute approximate surface area is 155 Å². The number of anilines is 1. The Morgan fingerprint density at radius 3 is 2.92 bits per heavy atom. The summed E-state index contributed by atoms with van der Waals surface area (Å²) in [5, 5.41) is 15.9. The first kappa shape index (κ1) is 17.4. The van der Waals surface area contributed by atoms with Crippen LogP contribution in [0.4, 0.5) is 5.00 Å². The van der Waals surface area contributed by atoms with E-state index in [0.29, 0.717) is 21.9 Å². The summed E-state index contributed by atoms with van der Waals surface area (Å²) in [5.41, 5.74) is 3.04. The van der Waals surface area contributed by atoms with Crippen LogP contribution in [0.15, 0.2) is 18.2 Å². The molecule has 0 bridgehead atoms. The minimum absolute atomic E-state index is 0.171. The van der Waals surface area contributed by atoms with Crippen LogP contribution >= 0.6 is 23.6 Å². The fourth-order valence-corrected chi connectivity index (χ4v) is 4.52. The number of thiocarbonyl (C=S) groups is 1. The highest BCUT2D eigenvalue weighted by Gasteiger charge is 2.23. The lowest BCUT2D eigenvalue weighted by Gasteiger charge is -2.12. The zero-order valence-electron chi connectivity index (χ0n) is 13.9. The standard InChI is InChI=1S/C18H17N3O2S2/c1-10-5-3-7-12(15(10)23-2)16(22)20-18(24)21-17-13(9-19)11-6-4-8-14(11)25-17/h3,5,7H,4,6,8H2,1-2H3,(H2,20,21,22,24). The van der Waals surface area contributed by atoms with Crippen LogP contribution in [-0.4, -0.2) is 18.1 Å². The number of hydrogen-bond donors (Lipinski definition) is 2. The number of thiophene rings is 1. The van der Waals surface area contributed by atoms with Crippen molar-refractivity contribution in [2.45, 2.75) is 26.2 Å². The van der Waals surface area contributed by atoms with Gasteiger partial charge >= 0.3 is 0 Å². The van der Waals surface area contributed by atoms with Crippen molar-refractivity contribution >= 4 is 39.6 Å². The highest BCUT2D eigenvalue weighted by molar-refractivity contribution is 7.80. The molecule has 25 heavy (non-hydrogen) atoms. The van der Waals surface area contributed by atoms with Gasteiger partial charge in [-0.05, 0) is 55.6 Å². The topological polar surface area (TPSA) is 74.2 Å². The first-order valence-corrected chi connectivity index (χ1v) is 9.08. The van der Waals surface area contributed by atoms with Crippen molar-refractivity contribution in [3.05, 3.63) is 45.3 Å². The SMILES string of the molecule is COc1c(C)cccc1C(=O)NC(=S)Nc1sc2c(c1C#N)CCC2. The first-order chi connectivity index (χ1) is 12.0. The number of rotatable bonds is 3. The summed E-state index contributed by atoms with van der Waals surface area (Å²) in [4.78, 5) is 13.7. The normalized spacial score (nSPS) is 12.2. The van der Waals surface area contributed by atoms with E-state index in [4.69, 9.17) is 17.0 Å². The summed E-state index contributed by atoms with van der Waals surface area (Å²) in [6.07, 6.45) is 3.01. The molecule has 2 N–H and O–H groups in total. The number of methoxy groups -OCH3 is 1. The summed E-state index contributed by atoms with van der Waals surface area (Å²) in [7, 11) is 1.53. The molecule has 3 rings (SSSR count). The van der Waals surface area contributed by atoms with Crippen LogP contribution in [0.1, 0.15) is 38.3 Å². The van der Waals surface area contributed by atoms with Crippen molar-refractivity contribution in [1.82, 2.24) is 5.32 Å². The van der Waals surface area contributed by atoms with E-state index in [-0.39, 0.29) is 11.0 Å². The average molecular weight is 371 g/mol. The Balaban J connectivity index is 1.75. The molecule has 1 aromatic carbocycles. The molecule has 7 heteroatoms. The Morgan fingerprint density at radius 1 is 1.40 bits per heavy atom. The molecule has 5 nitrogen and oxygen atoms in total. The zero-order valence-corrected chi connectivity index (χ0v) is 15.6. The van der Waals surface area contributed by atoms with Crippen LogP contribution in [0.25, 0.3) is 0 Å². The average Bonchev–Trinajstić information content (AvgIpc) is 3.14. The summed E-state index contributed by atoms with van der Waals surface area (Å²) < 4.78 is 5.31. The predicted molar refractivity (Wildman–Crippen MR) is 102 cm³/mol. The van der Waals surface area contributed by atoms with Gasteiger partial charge in [-0.2, -0.15) is 5.26 Å². The molecule has 0 spiro atoms. The molecule has 0 atom stereocenters. The van der Waals surface area contributed by atoms with E-state index in [9.17, 15) is 10.1 Å². The Kier molecular flexibility index (Phi) is 5.02. The molecule has 0 saturated heterocycles. The van der Waals surface area contributed by atoms with Crippen molar-refractivity contribution in [2.24, 2.45) is 0 Å². The summed E-state index contributed by atoms with van der Waals surface area (Å²) >= 11 is 6.79. The van der Waals surface area contributed by atoms with Gasteiger partial charge in [0.15, 0.2) is 5.11 Å². The number of nitrogens with zero attached hydrogens (tertiary/aromatic N) is 1. The van der Waals surface area contributed by atoms with Crippen molar-refractivity contribution in [1.29, 1.82) is 5.26 Å². The number of fused-ring (bicyclic) bond motifs is 1. The van der Waals surface area contributed by atoms with Crippen molar-refractivity contribution < 1.29 is 9.53 Å². The molecule has 0 saturated carbocycles. The quantitative estimate of drug-likeness (QED) is 0.807. The number of ether oxygens (including phenoxy) is 1. The van der Waals surface area contributed by atoms with Crippen molar-refractivity contribution in [3.63, 3.8) is 0 Å². The second-order valence-electron chi connectivity index (χ2n) is 5.74. The van der Waals surface area contributed by atoms with Gasteiger partial charge in [-0.25, -0.2) is 0 Å². The van der Waals surface area contributed by atoms with E-state index in [1.807, 2.05) is 13.0 Å². The molecule has 128 valence electrons. The number of amides is 1. The molecular formula is C18H17N3O2S2. The minimum Gasteiger partial charge on any atom is -0.496 e. The van der Waals surface area contributed by atoms with Gasteiger partial charge in [0.05, 0.1) is 18.2 Å². The summed E-state index contributed by atoms with van der Waals surface area (Å²) in [6, 6.07) is 7.60. The lowest BCUT2D eigenvalue weighted by atomic mass is 10.1. The Bertz CT molecular complexity index is 896. The maximum Gasteiger partial charge on any atom is 0.261 e. The van der Waals surface area contributed by atoms with Crippen LogP contribution < -0.4 is 15.4 Å². The van der Waals surface area contributed by atoms with Gasteiger partial charge in [-0.1, -0.05) is 12.1 Å². The molecule has 1 aromatic heterocycles. The third kappa shape index (κ3) is 3.36. The molecule has 1 aliphatic rings. The van der Waals surface area contributed by atoms with E-state index in [0.717, 1.165) is 30.4 Å². The monoisotopic (exact) mass is 371 g/mol. The van der Waals surface area contributed by atoms with Gasteiger partial charge in [0.1, 0.15) is 16.8 Å². The molecule has 0 unspecified atom stereocenters. The summed E-state index contributed by atoms with van der Waals surface area (Å²) in [5.74, 6) is 0.177. The fourth-order valence-electron chi connectivity index (χ4n) is 3.02. The Hall–Kier alpha value is -2.43. The van der Waals surface area contributed by atoms with E-state index >= 15 is 0 Å². The second kappa shape index (κ2) is 7.21. The number of carbonyl (C=O) groups excluding carboxylic acids is 1. The van der Waals surface area contributed by atoms with Gasteiger partial charge in [-0.3, -0.25) is 10.1 Å². The lowest BCUT2D eigenvalue weighted by Crippen LogP contribution is -2.34. The fraction of sp³-hybridized carbons (Fsp3) is 0.278. The zero-order chi connectivity index (χ0) is 18.0. The maximum atomic E-state index is 12.5. The number of hydrogen-bond acceptors (Lipinski definition) is 5. The number of nitrogens with one attached hydrogen (secondary N) is 2. The molecule has 0 fully saturated rings. The lowest BCUT2D eigenvalue weighted by molar-refractivity contribution is 0.0974. The molecule has 2 aromatic rings. The number of carbonyl (C=O) groups is 1. The smallest absolute Gasteiger partial charge is 0.261 e. The maximum absolute atomic E-state index is 12.5. The molecule has 1 amide bonds.